The molecule has 172 valence electrons. The average Bonchev–Trinajstić information content (AvgIpc) is 2.83. The normalized spacial score (nSPS) is 13.2. The number of ether oxygens (including phenoxy) is 2. The Labute approximate surface area is 197 Å². The van der Waals surface area contributed by atoms with Crippen molar-refractivity contribution in [2.24, 2.45) is 0 Å². The quantitative estimate of drug-likeness (QED) is 0.531. The molecule has 0 saturated carbocycles. The number of nitrogens with one attached hydrogen (secondary N) is 1. The number of para-hydroxylation sites is 1. The predicted octanol–water partition coefficient (Wildman–Crippen LogP) is 4.51. The van der Waals surface area contributed by atoms with Crippen molar-refractivity contribution in [3.8, 4) is 11.5 Å². The lowest BCUT2D eigenvalue weighted by Crippen LogP contribution is -2.35. The second kappa shape index (κ2) is 9.72. The number of benzene rings is 3. The van der Waals surface area contributed by atoms with Crippen molar-refractivity contribution >= 4 is 38.9 Å². The van der Waals surface area contributed by atoms with Crippen LogP contribution in [0.25, 0.3) is 0 Å². The van der Waals surface area contributed by atoms with Gasteiger partial charge in [-0.3, -0.25) is 9.10 Å². The van der Waals surface area contributed by atoms with Gasteiger partial charge in [-0.25, -0.2) is 8.42 Å². The largest absolute Gasteiger partial charge is 0.497 e. The molecular weight excluding hydrogens is 464 g/mol. The summed E-state index contributed by atoms with van der Waals surface area (Å²) in [6.07, 6.45) is 1.59. The summed E-state index contributed by atoms with van der Waals surface area (Å²) in [6, 6.07) is 18.6. The Morgan fingerprint density at radius 3 is 2.58 bits per heavy atom. The Morgan fingerprint density at radius 1 is 1.09 bits per heavy atom. The van der Waals surface area contributed by atoms with Gasteiger partial charge in [-0.1, -0.05) is 29.8 Å². The highest BCUT2D eigenvalue weighted by Crippen LogP contribution is 2.34. The van der Waals surface area contributed by atoms with E-state index >= 15 is 0 Å². The predicted molar refractivity (Wildman–Crippen MR) is 128 cm³/mol. The van der Waals surface area contributed by atoms with Crippen LogP contribution >= 0.6 is 11.6 Å². The number of carbonyl (C=O) groups is 1. The summed E-state index contributed by atoms with van der Waals surface area (Å²) in [5.41, 5.74) is 2.29. The summed E-state index contributed by atoms with van der Waals surface area (Å²) in [7, 11) is -2.23. The van der Waals surface area contributed by atoms with Gasteiger partial charge in [-0.2, -0.15) is 0 Å². The molecule has 33 heavy (non-hydrogen) atoms. The Kier molecular flexibility index (Phi) is 6.76. The molecule has 9 heteroatoms. The molecule has 7 nitrogen and oxygen atoms in total. The number of carbonyl (C=O) groups excluding carboxylic acids is 1. The minimum Gasteiger partial charge on any atom is -0.497 e. The van der Waals surface area contributed by atoms with Gasteiger partial charge in [0.05, 0.1) is 22.7 Å². The summed E-state index contributed by atoms with van der Waals surface area (Å²) >= 11 is 6.30. The Balaban J connectivity index is 1.44. The number of anilines is 2. The van der Waals surface area contributed by atoms with Gasteiger partial charge in [0.2, 0.25) is 0 Å². The SMILES string of the molecule is COc1ccc(NC(=O)COc2ccc(S(=O)(=O)N3CCCc4ccccc43)cc2Cl)cc1. The first-order valence-corrected chi connectivity index (χ1v) is 12.2. The van der Waals surface area contributed by atoms with Crippen molar-refractivity contribution in [3.05, 3.63) is 77.3 Å². The summed E-state index contributed by atoms with van der Waals surface area (Å²) in [4.78, 5) is 12.3. The third kappa shape index (κ3) is 5.07. The topological polar surface area (TPSA) is 84.9 Å². The van der Waals surface area contributed by atoms with E-state index in [9.17, 15) is 13.2 Å². The van der Waals surface area contributed by atoms with Crippen LogP contribution in [0.3, 0.4) is 0 Å². The molecule has 3 aromatic rings. The van der Waals surface area contributed by atoms with Crippen LogP contribution in [0.2, 0.25) is 5.02 Å². The van der Waals surface area contributed by atoms with E-state index in [1.165, 1.54) is 22.5 Å². The first kappa shape index (κ1) is 22.9. The number of sulfonamides is 1. The van der Waals surface area contributed by atoms with Gasteiger partial charge in [0.1, 0.15) is 11.5 Å². The Morgan fingerprint density at radius 2 is 1.85 bits per heavy atom. The number of nitrogens with zero attached hydrogens (tertiary/aromatic N) is 1. The van der Waals surface area contributed by atoms with E-state index in [1.54, 1.807) is 31.4 Å². The molecule has 1 N–H and O–H groups in total. The highest BCUT2D eigenvalue weighted by molar-refractivity contribution is 7.92. The van der Waals surface area contributed by atoms with Crippen LogP contribution in [-0.4, -0.2) is 34.6 Å². The fourth-order valence-electron chi connectivity index (χ4n) is 3.65. The average molecular weight is 487 g/mol. The molecule has 1 aliphatic rings. The summed E-state index contributed by atoms with van der Waals surface area (Å²) < 4.78 is 38.6. The highest BCUT2D eigenvalue weighted by Gasteiger charge is 2.29. The Hall–Kier alpha value is -3.23. The Bertz CT molecular complexity index is 1260. The maximum atomic E-state index is 13.3. The maximum absolute atomic E-state index is 13.3. The standard InChI is InChI=1S/C24H23ClN2O5S/c1-31-19-10-8-18(9-11-19)26-24(28)16-32-23-13-12-20(15-21(23)25)33(29,30)27-14-4-6-17-5-2-3-7-22(17)27/h2-3,5,7-13,15H,4,6,14,16H2,1H3,(H,26,28). The first-order valence-electron chi connectivity index (χ1n) is 10.4. The zero-order valence-corrected chi connectivity index (χ0v) is 19.5. The van der Waals surface area contributed by atoms with Crippen molar-refractivity contribution in [2.75, 3.05) is 29.9 Å². The number of methoxy groups -OCH3 is 1. The van der Waals surface area contributed by atoms with E-state index in [2.05, 4.69) is 5.32 Å². The van der Waals surface area contributed by atoms with Gasteiger partial charge in [0, 0.05) is 12.2 Å². The van der Waals surface area contributed by atoms with E-state index in [-0.39, 0.29) is 28.2 Å². The zero-order chi connectivity index (χ0) is 23.4. The summed E-state index contributed by atoms with van der Waals surface area (Å²) in [6.45, 7) is 0.123. The van der Waals surface area contributed by atoms with Crippen LogP contribution in [0.15, 0.2) is 71.6 Å². The number of hydrogen-bond donors (Lipinski definition) is 1. The third-order valence-electron chi connectivity index (χ3n) is 5.29. The second-order valence-corrected chi connectivity index (χ2v) is 9.74. The molecule has 0 aromatic heterocycles. The number of amides is 1. The molecule has 0 atom stereocenters. The molecule has 4 rings (SSSR count). The van der Waals surface area contributed by atoms with Crippen molar-refractivity contribution in [1.82, 2.24) is 0 Å². The van der Waals surface area contributed by atoms with Crippen LogP contribution < -0.4 is 19.1 Å². The van der Waals surface area contributed by atoms with Gasteiger partial charge in [0.15, 0.2) is 6.61 Å². The highest BCUT2D eigenvalue weighted by atomic mass is 35.5. The third-order valence-corrected chi connectivity index (χ3v) is 7.40. The molecule has 1 aliphatic heterocycles. The molecular formula is C24H23ClN2O5S. The van der Waals surface area contributed by atoms with Gasteiger partial charge in [0.25, 0.3) is 15.9 Å². The number of rotatable bonds is 7. The van der Waals surface area contributed by atoms with Crippen molar-refractivity contribution in [2.45, 2.75) is 17.7 Å². The number of fused-ring (bicyclic) bond motifs is 1. The van der Waals surface area contributed by atoms with Crippen LogP contribution in [0.4, 0.5) is 11.4 Å². The van der Waals surface area contributed by atoms with Crippen molar-refractivity contribution < 1.29 is 22.7 Å². The van der Waals surface area contributed by atoms with Crippen LogP contribution in [-0.2, 0) is 21.2 Å². The summed E-state index contributed by atoms with van der Waals surface area (Å²) in [5.74, 6) is 0.525. The fraction of sp³-hybridized carbons (Fsp3) is 0.208. The molecule has 1 heterocycles. The lowest BCUT2D eigenvalue weighted by molar-refractivity contribution is -0.118. The molecule has 0 spiro atoms. The van der Waals surface area contributed by atoms with Crippen molar-refractivity contribution in [1.29, 1.82) is 0 Å². The lowest BCUT2D eigenvalue weighted by atomic mass is 10.0. The second-order valence-electron chi connectivity index (χ2n) is 7.47. The smallest absolute Gasteiger partial charge is 0.264 e. The molecule has 0 fully saturated rings. The van der Waals surface area contributed by atoms with E-state index in [0.29, 0.717) is 23.7 Å². The minimum atomic E-state index is -3.79. The number of aryl methyl sites for hydroxylation is 1. The lowest BCUT2D eigenvalue weighted by Gasteiger charge is -2.30. The van der Waals surface area contributed by atoms with E-state index in [0.717, 1.165) is 18.4 Å². The molecule has 1 amide bonds. The molecule has 0 unspecified atom stereocenters. The monoisotopic (exact) mass is 486 g/mol. The van der Waals surface area contributed by atoms with Crippen LogP contribution in [0.5, 0.6) is 11.5 Å². The van der Waals surface area contributed by atoms with Gasteiger partial charge >= 0.3 is 0 Å². The number of hydrogen-bond acceptors (Lipinski definition) is 5. The first-order chi connectivity index (χ1) is 15.9. The van der Waals surface area contributed by atoms with Gasteiger partial charge in [-0.15, -0.1) is 0 Å². The molecule has 0 aliphatic carbocycles. The molecule has 0 radical (unpaired) electrons. The van der Waals surface area contributed by atoms with Gasteiger partial charge < -0.3 is 14.8 Å². The summed E-state index contributed by atoms with van der Waals surface area (Å²) in [5, 5.41) is 2.82. The minimum absolute atomic E-state index is 0.0687. The van der Waals surface area contributed by atoms with Crippen molar-refractivity contribution in [3.63, 3.8) is 0 Å². The van der Waals surface area contributed by atoms with E-state index in [1.807, 2.05) is 24.3 Å². The molecule has 0 bridgehead atoms. The molecule has 3 aromatic carbocycles. The molecule has 0 saturated heterocycles. The van der Waals surface area contributed by atoms with Crippen LogP contribution in [0, 0.1) is 0 Å². The zero-order valence-electron chi connectivity index (χ0n) is 18.0. The fourth-order valence-corrected chi connectivity index (χ4v) is 5.52. The maximum Gasteiger partial charge on any atom is 0.264 e. The van der Waals surface area contributed by atoms with Crippen LogP contribution in [0.1, 0.15) is 12.0 Å². The van der Waals surface area contributed by atoms with E-state index in [4.69, 9.17) is 21.1 Å². The van der Waals surface area contributed by atoms with E-state index < -0.39 is 10.0 Å². The number of halogens is 1. The van der Waals surface area contributed by atoms with Gasteiger partial charge in [-0.05, 0) is 66.9 Å².